The smallest absolute Gasteiger partial charge is 0.223 e. The normalized spacial score (nSPS) is 30.1. The van der Waals surface area contributed by atoms with Crippen LogP contribution in [0.15, 0.2) is 30.3 Å². The van der Waals surface area contributed by atoms with Gasteiger partial charge in [0.2, 0.25) is 5.91 Å². The molecular weight excluding hydrogens is 446 g/mol. The number of aliphatic hydroxyl groups excluding tert-OH is 2. The van der Waals surface area contributed by atoms with Gasteiger partial charge in [-0.15, -0.1) is 17.8 Å². The number of carbonyl (C=O) groups is 1. The molecule has 34 heavy (non-hydrogen) atoms. The van der Waals surface area contributed by atoms with E-state index in [1.54, 1.807) is 23.3 Å². The van der Waals surface area contributed by atoms with Crippen LogP contribution >= 0.6 is 11.3 Å². The molecular formula is C27H35N3O3S. The third kappa shape index (κ3) is 4.35. The highest BCUT2D eigenvalue weighted by molar-refractivity contribution is 7.15. The van der Waals surface area contributed by atoms with Gasteiger partial charge in [-0.2, -0.15) is 0 Å². The lowest BCUT2D eigenvalue weighted by Gasteiger charge is -2.58. The molecule has 1 heterocycles. The third-order valence-electron chi connectivity index (χ3n) is 8.31. The molecule has 0 bridgehead atoms. The van der Waals surface area contributed by atoms with Gasteiger partial charge in [-0.05, 0) is 36.2 Å². The molecule has 3 N–H and O–H groups in total. The van der Waals surface area contributed by atoms with E-state index in [0.717, 1.165) is 28.5 Å². The molecule has 2 aliphatic carbocycles. The minimum absolute atomic E-state index is 0.000562. The van der Waals surface area contributed by atoms with Crippen molar-refractivity contribution in [2.45, 2.75) is 58.1 Å². The monoisotopic (exact) mass is 481 g/mol. The number of aliphatic hydroxyl groups is 2. The number of thiazole rings is 1. The van der Waals surface area contributed by atoms with Gasteiger partial charge in [-0.3, -0.25) is 4.79 Å². The number of nitrogens with one attached hydrogen (secondary N) is 1. The number of aromatic nitrogens is 1. The van der Waals surface area contributed by atoms with Crippen molar-refractivity contribution in [2.24, 2.45) is 16.7 Å². The zero-order chi connectivity index (χ0) is 24.5. The maximum absolute atomic E-state index is 13.1. The summed E-state index contributed by atoms with van der Waals surface area (Å²) in [5, 5.41) is 25.6. The summed E-state index contributed by atoms with van der Waals surface area (Å²) in [5.74, 6) is 2.49. The van der Waals surface area contributed by atoms with Gasteiger partial charge in [0.25, 0.3) is 0 Å². The molecule has 6 nitrogen and oxygen atoms in total. The summed E-state index contributed by atoms with van der Waals surface area (Å²) in [7, 11) is 1.74. The number of rotatable bonds is 7. The number of amides is 1. The van der Waals surface area contributed by atoms with Crippen molar-refractivity contribution in [3.8, 4) is 12.3 Å². The predicted octanol–water partition coefficient (Wildman–Crippen LogP) is 3.65. The first kappa shape index (κ1) is 24.7. The predicted molar refractivity (Wildman–Crippen MR) is 135 cm³/mol. The van der Waals surface area contributed by atoms with Gasteiger partial charge < -0.3 is 20.4 Å². The van der Waals surface area contributed by atoms with Gasteiger partial charge in [-0.25, -0.2) is 4.98 Å². The molecule has 1 amide bonds. The highest BCUT2D eigenvalue weighted by Gasteiger charge is 2.59. The minimum Gasteiger partial charge on any atom is -0.396 e. The summed E-state index contributed by atoms with van der Waals surface area (Å²) in [6.07, 6.45) is 7.33. The number of hydrogen-bond acceptors (Lipinski definition) is 6. The van der Waals surface area contributed by atoms with Gasteiger partial charge in [0.05, 0.1) is 24.9 Å². The van der Waals surface area contributed by atoms with Gasteiger partial charge in [0.15, 0.2) is 5.13 Å². The molecule has 0 unspecified atom stereocenters. The second-order valence-corrected chi connectivity index (χ2v) is 11.4. The van der Waals surface area contributed by atoms with Crippen molar-refractivity contribution in [3.05, 3.63) is 46.5 Å². The summed E-state index contributed by atoms with van der Waals surface area (Å²) < 4.78 is 0. The quantitative estimate of drug-likeness (QED) is 0.526. The molecule has 1 aromatic heterocycles. The van der Waals surface area contributed by atoms with E-state index >= 15 is 0 Å². The van der Waals surface area contributed by atoms with Crippen molar-refractivity contribution in [2.75, 3.05) is 25.5 Å². The molecule has 5 atom stereocenters. The van der Waals surface area contributed by atoms with Gasteiger partial charge in [0, 0.05) is 36.2 Å². The van der Waals surface area contributed by atoms with E-state index < -0.39 is 11.5 Å². The second kappa shape index (κ2) is 9.69. The SMILES string of the molecule is C#CCN(C)C(=O)C[C@@H]1c2nc(NCc3ccccc3)sc2C[C@@H]2[C@](C)(CO)[C@H](O)CC[C@]21C. The Morgan fingerprint density at radius 2 is 2.09 bits per heavy atom. The van der Waals surface area contributed by atoms with Crippen LogP contribution in [-0.2, 0) is 17.8 Å². The van der Waals surface area contributed by atoms with Crippen molar-refractivity contribution in [3.63, 3.8) is 0 Å². The second-order valence-electron chi connectivity index (χ2n) is 10.4. The Morgan fingerprint density at radius 3 is 2.76 bits per heavy atom. The molecule has 0 aliphatic heterocycles. The molecule has 1 aromatic carbocycles. The van der Waals surface area contributed by atoms with E-state index in [9.17, 15) is 15.0 Å². The summed E-state index contributed by atoms with van der Waals surface area (Å²) in [5.41, 5.74) is 1.27. The zero-order valence-corrected chi connectivity index (χ0v) is 21.1. The van der Waals surface area contributed by atoms with Crippen molar-refractivity contribution in [1.29, 1.82) is 0 Å². The van der Waals surface area contributed by atoms with Crippen molar-refractivity contribution >= 4 is 22.4 Å². The molecule has 7 heteroatoms. The largest absolute Gasteiger partial charge is 0.396 e. The molecule has 4 rings (SSSR count). The van der Waals surface area contributed by atoms with E-state index in [2.05, 4.69) is 30.3 Å². The van der Waals surface area contributed by atoms with Crippen LogP contribution < -0.4 is 5.32 Å². The fourth-order valence-corrected chi connectivity index (χ4v) is 7.11. The zero-order valence-electron chi connectivity index (χ0n) is 20.3. The highest BCUT2D eigenvalue weighted by Crippen LogP contribution is 2.62. The molecule has 2 aliphatic rings. The van der Waals surface area contributed by atoms with Crippen LogP contribution in [0.1, 0.15) is 55.2 Å². The minimum atomic E-state index is -0.627. The number of benzene rings is 1. The van der Waals surface area contributed by atoms with Crippen LogP contribution in [0.2, 0.25) is 0 Å². The molecule has 0 saturated heterocycles. The number of anilines is 1. The lowest BCUT2D eigenvalue weighted by atomic mass is 9.47. The number of nitrogens with zero attached hydrogens (tertiary/aromatic N) is 2. The van der Waals surface area contributed by atoms with Crippen molar-refractivity contribution in [1.82, 2.24) is 9.88 Å². The first-order chi connectivity index (χ1) is 16.2. The standard InChI is InChI=1S/C27H35N3O3S/c1-5-13-30(4)23(33)14-19-24-20(34-25(29-24)28-16-18-9-7-6-8-10-18)15-21-26(19,2)12-11-22(32)27(21,3)17-31/h1,6-10,19,21-22,31-32H,11-17H2,2-4H3,(H,28,29)/t19-,21+,22-,26+,27+/m1/s1. The Kier molecular flexibility index (Phi) is 7.04. The Morgan fingerprint density at radius 1 is 1.35 bits per heavy atom. The van der Waals surface area contributed by atoms with Gasteiger partial charge >= 0.3 is 0 Å². The topological polar surface area (TPSA) is 85.7 Å². The van der Waals surface area contributed by atoms with Gasteiger partial charge in [-0.1, -0.05) is 50.1 Å². The van der Waals surface area contributed by atoms with E-state index in [1.807, 2.05) is 25.1 Å². The maximum atomic E-state index is 13.1. The van der Waals surface area contributed by atoms with E-state index in [-0.39, 0.29) is 36.3 Å². The van der Waals surface area contributed by atoms with Gasteiger partial charge in [0.1, 0.15) is 0 Å². The lowest BCUT2D eigenvalue weighted by molar-refractivity contribution is -0.146. The number of fused-ring (bicyclic) bond motifs is 2. The summed E-state index contributed by atoms with van der Waals surface area (Å²) in [6, 6.07) is 10.2. The van der Waals surface area contributed by atoms with Crippen LogP contribution in [0.3, 0.4) is 0 Å². The Bertz CT molecular complexity index is 1060. The highest BCUT2D eigenvalue weighted by atomic mass is 32.1. The molecule has 1 fully saturated rings. The molecule has 0 radical (unpaired) electrons. The van der Waals surface area contributed by atoms with Crippen molar-refractivity contribution < 1.29 is 15.0 Å². The van der Waals surface area contributed by atoms with E-state index in [4.69, 9.17) is 11.4 Å². The first-order valence-electron chi connectivity index (χ1n) is 12.0. The number of terminal acetylenes is 1. The Labute approximate surface area is 206 Å². The molecule has 1 saturated carbocycles. The fourth-order valence-electron chi connectivity index (χ4n) is 6.05. The molecule has 182 valence electrons. The molecule has 2 aromatic rings. The van der Waals surface area contributed by atoms with E-state index in [0.29, 0.717) is 19.4 Å². The maximum Gasteiger partial charge on any atom is 0.223 e. The first-order valence-corrected chi connectivity index (χ1v) is 12.8. The summed E-state index contributed by atoms with van der Waals surface area (Å²) in [4.78, 5) is 20.9. The van der Waals surface area contributed by atoms with E-state index in [1.165, 1.54) is 5.56 Å². The lowest BCUT2D eigenvalue weighted by Crippen LogP contribution is -2.57. The third-order valence-corrected chi connectivity index (χ3v) is 9.36. The summed E-state index contributed by atoms with van der Waals surface area (Å²) >= 11 is 1.63. The summed E-state index contributed by atoms with van der Waals surface area (Å²) in [6.45, 7) is 5.07. The van der Waals surface area contributed by atoms with Crippen LogP contribution in [0.4, 0.5) is 5.13 Å². The van der Waals surface area contributed by atoms with Crippen LogP contribution in [0.5, 0.6) is 0 Å². The average Bonchev–Trinajstić information content (AvgIpc) is 3.25. The van der Waals surface area contributed by atoms with Crippen LogP contribution in [0, 0.1) is 29.1 Å². The molecule has 0 spiro atoms. The Balaban J connectivity index is 1.69. The number of carbonyl (C=O) groups excluding carboxylic acids is 1. The fraction of sp³-hybridized carbons (Fsp3) is 0.556. The number of hydrogen-bond donors (Lipinski definition) is 3. The average molecular weight is 482 g/mol. The van der Waals surface area contributed by atoms with Crippen LogP contribution in [-0.4, -0.2) is 52.3 Å². The van der Waals surface area contributed by atoms with Crippen LogP contribution in [0.25, 0.3) is 0 Å². The Hall–Kier alpha value is -2.40.